The first-order valence-corrected chi connectivity index (χ1v) is 11.1. The van der Waals surface area contributed by atoms with Crippen molar-refractivity contribution >= 4 is 40.7 Å². The Balaban J connectivity index is 1.39. The Bertz CT molecular complexity index is 1150. The summed E-state index contributed by atoms with van der Waals surface area (Å²) in [5.74, 6) is -1.22. The first kappa shape index (κ1) is 20.8. The minimum atomic E-state index is -0.790. The number of rotatable bonds is 3. The second kappa shape index (κ2) is 7.52. The molecule has 0 atom stereocenters. The number of imide groups is 1. The number of fused-ring (bicyclic) bond motifs is 1. The van der Waals surface area contributed by atoms with Crippen molar-refractivity contribution < 1.29 is 18.8 Å². The largest absolute Gasteiger partial charge is 0.271 e. The van der Waals surface area contributed by atoms with E-state index in [0.717, 1.165) is 11.8 Å². The van der Waals surface area contributed by atoms with E-state index < -0.39 is 11.2 Å². The summed E-state index contributed by atoms with van der Waals surface area (Å²) in [6.07, 6.45) is 2.57. The van der Waals surface area contributed by atoms with Gasteiger partial charge in [0.15, 0.2) is 0 Å². The molecule has 2 aliphatic heterocycles. The predicted molar refractivity (Wildman–Crippen MR) is 118 cm³/mol. The van der Waals surface area contributed by atoms with Crippen LogP contribution in [-0.4, -0.2) is 34.4 Å². The highest BCUT2D eigenvalue weighted by Gasteiger charge is 2.54. The molecule has 32 heavy (non-hydrogen) atoms. The van der Waals surface area contributed by atoms with Gasteiger partial charge in [0.2, 0.25) is 0 Å². The van der Waals surface area contributed by atoms with E-state index in [1.54, 1.807) is 24.3 Å². The van der Waals surface area contributed by atoms with Gasteiger partial charge >= 0.3 is 0 Å². The van der Waals surface area contributed by atoms with Crippen LogP contribution in [0.15, 0.2) is 47.6 Å². The third-order valence-electron chi connectivity index (χ3n) is 6.85. The summed E-state index contributed by atoms with van der Waals surface area (Å²) in [4.78, 5) is 40.6. The zero-order valence-corrected chi connectivity index (χ0v) is 18.2. The molecule has 0 aromatic heterocycles. The predicted octanol–water partition coefficient (Wildman–Crippen LogP) is 4.82. The molecule has 0 unspecified atom stereocenters. The first-order valence-electron chi connectivity index (χ1n) is 10.7. The van der Waals surface area contributed by atoms with Gasteiger partial charge in [-0.1, -0.05) is 30.7 Å². The van der Waals surface area contributed by atoms with Gasteiger partial charge in [-0.05, 0) is 62.4 Å². The van der Waals surface area contributed by atoms with Crippen molar-refractivity contribution in [2.45, 2.75) is 45.1 Å². The maximum atomic E-state index is 13.5. The van der Waals surface area contributed by atoms with E-state index in [0.29, 0.717) is 48.9 Å². The molecule has 1 spiro atoms. The van der Waals surface area contributed by atoms with Gasteiger partial charge in [0, 0.05) is 6.04 Å². The highest BCUT2D eigenvalue weighted by molar-refractivity contribution is 6.34. The van der Waals surface area contributed by atoms with Crippen LogP contribution in [0.1, 0.15) is 59.7 Å². The lowest BCUT2D eigenvalue weighted by molar-refractivity contribution is -0.125. The van der Waals surface area contributed by atoms with E-state index >= 15 is 0 Å². The lowest BCUT2D eigenvalue weighted by atomic mass is 9.68. The van der Waals surface area contributed by atoms with Crippen LogP contribution in [0.2, 0.25) is 5.02 Å². The average Bonchev–Trinajstić information content (AvgIpc) is 3.20. The van der Waals surface area contributed by atoms with Crippen LogP contribution in [0.5, 0.6) is 0 Å². The van der Waals surface area contributed by atoms with E-state index in [2.05, 4.69) is 5.10 Å². The number of amides is 3. The second-order valence-electron chi connectivity index (χ2n) is 8.45. The first-order chi connectivity index (χ1) is 15.4. The van der Waals surface area contributed by atoms with Gasteiger partial charge in [-0.25, -0.2) is 4.39 Å². The van der Waals surface area contributed by atoms with Crippen molar-refractivity contribution in [1.82, 2.24) is 4.90 Å². The van der Waals surface area contributed by atoms with Gasteiger partial charge in [-0.3, -0.25) is 19.3 Å². The summed E-state index contributed by atoms with van der Waals surface area (Å²) in [6.45, 7) is 1.94. The van der Waals surface area contributed by atoms with Crippen LogP contribution in [0, 0.1) is 11.2 Å². The highest BCUT2D eigenvalue weighted by atomic mass is 35.5. The summed E-state index contributed by atoms with van der Waals surface area (Å²) < 4.78 is 13.5. The molecule has 5 rings (SSSR count). The van der Waals surface area contributed by atoms with E-state index in [-0.39, 0.29) is 28.8 Å². The number of halogens is 2. The van der Waals surface area contributed by atoms with Gasteiger partial charge in [0.1, 0.15) is 5.82 Å². The van der Waals surface area contributed by atoms with Crippen molar-refractivity contribution in [1.29, 1.82) is 0 Å². The summed E-state index contributed by atoms with van der Waals surface area (Å²) in [7, 11) is 0. The zero-order valence-electron chi connectivity index (χ0n) is 17.5. The fourth-order valence-electron chi connectivity index (χ4n) is 5.21. The SMILES string of the molecule is CCC1=NN(c2ccc(F)cc2Cl)C(=O)[C@]12CC[C@H](N1C(=O)c3ccccc3C1=O)CC2. The van der Waals surface area contributed by atoms with Gasteiger partial charge < -0.3 is 0 Å². The normalized spacial score (nSPS) is 25.0. The third-order valence-corrected chi connectivity index (χ3v) is 7.15. The Morgan fingerprint density at radius 3 is 2.25 bits per heavy atom. The van der Waals surface area contributed by atoms with Crippen LogP contribution < -0.4 is 5.01 Å². The molecule has 1 aliphatic carbocycles. The molecule has 1 saturated carbocycles. The van der Waals surface area contributed by atoms with E-state index in [4.69, 9.17) is 11.6 Å². The number of benzene rings is 2. The average molecular weight is 454 g/mol. The standard InChI is InChI=1S/C24H21ClFN3O3/c1-2-20-24(23(32)29(27-20)19-8-7-14(26)13-18(19)25)11-9-15(10-12-24)28-21(30)16-5-3-4-6-17(16)22(28)31/h3-8,13,15H,2,9-12H2,1H3/t15-,24-. The number of carbonyl (C=O) groups excluding carboxylic acids is 3. The maximum Gasteiger partial charge on any atom is 0.261 e. The number of nitrogens with zero attached hydrogens (tertiary/aromatic N) is 3. The third kappa shape index (κ3) is 2.91. The number of hydrazone groups is 1. The lowest BCUT2D eigenvalue weighted by Crippen LogP contribution is -2.48. The van der Waals surface area contributed by atoms with Crippen LogP contribution in [-0.2, 0) is 4.79 Å². The van der Waals surface area contributed by atoms with Gasteiger partial charge in [0.05, 0.1) is 33.0 Å². The summed E-state index contributed by atoms with van der Waals surface area (Å²) in [5, 5.41) is 5.96. The van der Waals surface area contributed by atoms with Crippen molar-refractivity contribution in [3.05, 3.63) is 64.4 Å². The van der Waals surface area contributed by atoms with Crippen LogP contribution >= 0.6 is 11.6 Å². The molecule has 1 fully saturated rings. The van der Waals surface area contributed by atoms with Crippen LogP contribution in [0.4, 0.5) is 10.1 Å². The Labute approximate surface area is 189 Å². The van der Waals surface area contributed by atoms with E-state index in [1.807, 2.05) is 6.92 Å². The molecule has 3 amide bonds. The summed E-state index contributed by atoms with van der Waals surface area (Å²) >= 11 is 6.19. The molecule has 0 radical (unpaired) electrons. The second-order valence-corrected chi connectivity index (χ2v) is 8.86. The number of hydrogen-bond donors (Lipinski definition) is 0. The van der Waals surface area contributed by atoms with Crippen LogP contribution in [0.3, 0.4) is 0 Å². The minimum Gasteiger partial charge on any atom is -0.271 e. The highest BCUT2D eigenvalue weighted by Crippen LogP contribution is 2.47. The molecule has 2 aromatic rings. The summed E-state index contributed by atoms with van der Waals surface area (Å²) in [5.41, 5.74) is 1.18. The Morgan fingerprint density at radius 1 is 1.06 bits per heavy atom. The smallest absolute Gasteiger partial charge is 0.261 e. The molecular weight excluding hydrogens is 433 g/mol. The van der Waals surface area contributed by atoms with Crippen LogP contribution in [0.25, 0.3) is 0 Å². The van der Waals surface area contributed by atoms with E-state index in [9.17, 15) is 18.8 Å². The molecule has 0 saturated heterocycles. The van der Waals surface area contributed by atoms with Gasteiger partial charge in [0.25, 0.3) is 17.7 Å². The zero-order chi connectivity index (χ0) is 22.6. The van der Waals surface area contributed by atoms with Gasteiger partial charge in [-0.2, -0.15) is 10.1 Å². The summed E-state index contributed by atoms with van der Waals surface area (Å²) in [6, 6.07) is 10.5. The lowest BCUT2D eigenvalue weighted by Gasteiger charge is -2.39. The monoisotopic (exact) mass is 453 g/mol. The minimum absolute atomic E-state index is 0.120. The maximum absolute atomic E-state index is 13.5. The molecule has 2 aromatic carbocycles. The molecular formula is C24H21ClFN3O3. The molecule has 6 nitrogen and oxygen atoms in total. The molecule has 2 heterocycles. The molecule has 0 N–H and O–H groups in total. The number of carbonyl (C=O) groups is 3. The fourth-order valence-corrected chi connectivity index (χ4v) is 5.46. The quantitative estimate of drug-likeness (QED) is 0.626. The molecule has 164 valence electrons. The molecule has 3 aliphatic rings. The van der Waals surface area contributed by atoms with Crippen molar-refractivity contribution in [2.75, 3.05) is 5.01 Å². The van der Waals surface area contributed by atoms with Crippen molar-refractivity contribution in [3.8, 4) is 0 Å². The fraction of sp³-hybridized carbons (Fsp3) is 0.333. The molecule has 8 heteroatoms. The Hall–Kier alpha value is -3.06. The van der Waals surface area contributed by atoms with Crippen molar-refractivity contribution in [2.24, 2.45) is 10.5 Å². The van der Waals surface area contributed by atoms with E-state index in [1.165, 1.54) is 22.0 Å². The topological polar surface area (TPSA) is 70.1 Å². The number of hydrogen-bond acceptors (Lipinski definition) is 4. The molecule has 0 bridgehead atoms. The Kier molecular flexibility index (Phi) is 4.89. The van der Waals surface area contributed by atoms with Gasteiger partial charge in [-0.15, -0.1) is 0 Å². The number of anilines is 1. The Morgan fingerprint density at radius 2 is 1.69 bits per heavy atom. The van der Waals surface area contributed by atoms with Crippen molar-refractivity contribution in [3.63, 3.8) is 0 Å².